The molecule has 0 saturated heterocycles. The van der Waals surface area contributed by atoms with E-state index in [1.54, 1.807) is 20.8 Å². The van der Waals surface area contributed by atoms with Gasteiger partial charge in [0.1, 0.15) is 12.3 Å². The number of alkyl halides is 3. The number of amides is 3. The molecule has 52 heavy (non-hydrogen) atoms. The molecule has 3 heterocycles. The van der Waals surface area contributed by atoms with Gasteiger partial charge < -0.3 is 35.6 Å². The molecule has 17 heteroatoms. The molecule has 282 valence electrons. The number of aromatic nitrogens is 1. The van der Waals surface area contributed by atoms with E-state index >= 15 is 0 Å². The maximum atomic E-state index is 11.9. The minimum atomic E-state index is -3.96. The van der Waals surface area contributed by atoms with Crippen molar-refractivity contribution in [2.75, 3.05) is 32.0 Å². The number of terminal acetylenes is 1. The van der Waals surface area contributed by atoms with E-state index in [0.717, 1.165) is 24.1 Å². The lowest BCUT2D eigenvalue weighted by Crippen LogP contribution is -2.43. The summed E-state index contributed by atoms with van der Waals surface area (Å²) in [6.45, 7) is 6.13. The Labute approximate surface area is 309 Å². The first-order valence-electron chi connectivity index (χ1n) is 15.7. The van der Waals surface area contributed by atoms with Crippen molar-refractivity contribution >= 4 is 41.5 Å². The summed E-state index contributed by atoms with van der Waals surface area (Å²) in [4.78, 5) is 48.3. The Morgan fingerprint density at radius 2 is 1.62 bits per heavy atom. The number of hydrogen-bond acceptors (Lipinski definition) is 9. The number of carbonyl (C=O) groups is 3. The van der Waals surface area contributed by atoms with Crippen LogP contribution in [0.1, 0.15) is 61.3 Å². The quantitative estimate of drug-likeness (QED) is 0.127. The fourth-order valence-electron chi connectivity index (χ4n) is 4.20. The minimum absolute atomic E-state index is 0.0238. The molecule has 0 spiro atoms. The second kappa shape index (κ2) is 20.7. The Bertz CT molecular complexity index is 1750. The first-order valence-corrected chi connectivity index (χ1v) is 17.1. The zero-order valence-corrected chi connectivity index (χ0v) is 30.6. The molecule has 12 nitrogen and oxygen atoms in total. The van der Waals surface area contributed by atoms with Gasteiger partial charge in [0.15, 0.2) is 5.69 Å². The van der Waals surface area contributed by atoms with Gasteiger partial charge in [-0.1, -0.05) is 48.9 Å². The highest BCUT2D eigenvalue weighted by atomic mass is 35.5. The van der Waals surface area contributed by atoms with E-state index in [0.29, 0.717) is 0 Å². The van der Waals surface area contributed by atoms with Gasteiger partial charge in [-0.15, -0.1) is 24.6 Å². The molecule has 0 radical (unpaired) electrons. The number of fused-ring (bicyclic) bond motifs is 3. The summed E-state index contributed by atoms with van der Waals surface area (Å²) in [6.07, 6.45) is 4.28. The molecule has 2 aliphatic heterocycles. The molecular weight excluding hydrogens is 727 g/mol. The largest absolute Gasteiger partial charge is 0.451 e. The van der Waals surface area contributed by atoms with Crippen LogP contribution in [0.15, 0.2) is 64.4 Å². The number of pyridine rings is 1. The van der Waals surface area contributed by atoms with Crippen molar-refractivity contribution in [2.45, 2.75) is 63.0 Å². The van der Waals surface area contributed by atoms with Crippen LogP contribution in [0.2, 0.25) is 5.02 Å². The molecule has 0 fully saturated rings. The SMILES string of the molecule is C#C.CC(C)(C)OC(=O)NCCNC(=O)OCOc1c2n(ccc1=O)NCNC2=O.CCC(F)(F)F.Clc1cccc2c1CSc1ccccc1C2. The van der Waals surface area contributed by atoms with Crippen molar-refractivity contribution in [3.05, 3.63) is 92.4 Å². The molecule has 0 bridgehead atoms. The van der Waals surface area contributed by atoms with Crippen LogP contribution in [0.25, 0.3) is 0 Å². The number of nitrogens with one attached hydrogen (secondary N) is 4. The number of ether oxygens (including phenoxy) is 3. The molecule has 3 amide bonds. The van der Waals surface area contributed by atoms with Gasteiger partial charge in [-0.05, 0) is 56.0 Å². The van der Waals surface area contributed by atoms with E-state index in [4.69, 9.17) is 25.8 Å². The number of rotatable bonds is 6. The lowest BCUT2D eigenvalue weighted by Gasteiger charge is -2.22. The smallest absolute Gasteiger partial charge is 0.410 e. The third-order valence-corrected chi connectivity index (χ3v) is 8.06. The van der Waals surface area contributed by atoms with Crippen molar-refractivity contribution in [3.8, 4) is 18.6 Å². The topological polar surface area (TPSA) is 149 Å². The van der Waals surface area contributed by atoms with Gasteiger partial charge in [0.25, 0.3) is 5.91 Å². The van der Waals surface area contributed by atoms with Gasteiger partial charge >= 0.3 is 18.4 Å². The average Bonchev–Trinajstić information content (AvgIpc) is 3.28. The van der Waals surface area contributed by atoms with E-state index in [9.17, 15) is 32.3 Å². The summed E-state index contributed by atoms with van der Waals surface area (Å²) in [6, 6.07) is 16.0. The fourth-order valence-corrected chi connectivity index (χ4v) is 5.68. The van der Waals surface area contributed by atoms with Crippen LogP contribution in [0.4, 0.5) is 22.8 Å². The van der Waals surface area contributed by atoms with E-state index in [-0.39, 0.29) is 31.2 Å². The Morgan fingerprint density at radius 3 is 2.27 bits per heavy atom. The van der Waals surface area contributed by atoms with E-state index < -0.39 is 48.5 Å². The highest BCUT2D eigenvalue weighted by Crippen LogP contribution is 2.36. The van der Waals surface area contributed by atoms with Crippen LogP contribution < -0.4 is 31.5 Å². The second-order valence-corrected chi connectivity index (χ2v) is 13.0. The number of hydrogen-bond donors (Lipinski definition) is 4. The lowest BCUT2D eigenvalue weighted by atomic mass is 10.0. The Hall–Kier alpha value is -5.01. The average molecular weight is 768 g/mol. The fraction of sp³-hybridized carbons (Fsp3) is 0.371. The second-order valence-electron chi connectivity index (χ2n) is 11.5. The summed E-state index contributed by atoms with van der Waals surface area (Å²) in [5.41, 5.74) is 5.72. The number of carbonyl (C=O) groups excluding carboxylic acids is 3. The summed E-state index contributed by atoms with van der Waals surface area (Å²) < 4.78 is 48.7. The van der Waals surface area contributed by atoms with Gasteiger partial charge in [0.05, 0.1) is 0 Å². The lowest BCUT2D eigenvalue weighted by molar-refractivity contribution is -0.130. The van der Waals surface area contributed by atoms with E-state index in [2.05, 4.69) is 64.6 Å². The monoisotopic (exact) mass is 767 g/mol. The molecule has 0 unspecified atom stereocenters. The summed E-state index contributed by atoms with van der Waals surface area (Å²) >= 11 is 8.13. The zero-order valence-electron chi connectivity index (χ0n) is 29.0. The van der Waals surface area contributed by atoms with Gasteiger partial charge in [-0.25, -0.2) is 9.59 Å². The van der Waals surface area contributed by atoms with Crippen molar-refractivity contribution in [2.24, 2.45) is 0 Å². The number of benzene rings is 2. The summed E-state index contributed by atoms with van der Waals surface area (Å²) in [5.74, 6) is 0.238. The summed E-state index contributed by atoms with van der Waals surface area (Å²) in [7, 11) is 0. The molecule has 0 aliphatic carbocycles. The minimum Gasteiger partial charge on any atom is -0.451 e. The van der Waals surface area contributed by atoms with Gasteiger partial charge in [-0.2, -0.15) is 13.2 Å². The predicted octanol–water partition coefficient (Wildman–Crippen LogP) is 6.42. The maximum absolute atomic E-state index is 11.9. The van der Waals surface area contributed by atoms with Gasteiger partial charge in [0, 0.05) is 47.4 Å². The first kappa shape index (κ1) is 43.2. The van der Waals surface area contributed by atoms with Crippen LogP contribution in [0.3, 0.4) is 0 Å². The molecule has 0 saturated carbocycles. The van der Waals surface area contributed by atoms with Gasteiger partial charge in [-0.3, -0.25) is 14.3 Å². The van der Waals surface area contributed by atoms with E-state index in [1.165, 1.54) is 38.5 Å². The molecule has 4 N–H and O–H groups in total. The number of nitrogens with zero attached hydrogens (tertiary/aromatic N) is 1. The van der Waals surface area contributed by atoms with Gasteiger partial charge in [0.2, 0.25) is 18.0 Å². The van der Waals surface area contributed by atoms with Crippen LogP contribution in [0, 0.1) is 12.8 Å². The molecule has 2 aromatic carbocycles. The van der Waals surface area contributed by atoms with E-state index in [1.807, 2.05) is 23.9 Å². The van der Waals surface area contributed by atoms with Crippen LogP contribution in [-0.4, -0.2) is 61.1 Å². The third-order valence-electron chi connectivity index (χ3n) is 6.57. The maximum Gasteiger partial charge on any atom is 0.410 e. The zero-order chi connectivity index (χ0) is 38.9. The van der Waals surface area contributed by atoms with Crippen LogP contribution >= 0.6 is 23.4 Å². The Balaban J connectivity index is 0.000000325. The molecule has 5 rings (SSSR count). The Morgan fingerprint density at radius 1 is 0.981 bits per heavy atom. The van der Waals surface area contributed by atoms with Crippen molar-refractivity contribution < 1.29 is 41.8 Å². The Kier molecular flexibility index (Phi) is 17.2. The molecule has 0 atom stereocenters. The molecule has 3 aromatic rings. The summed E-state index contributed by atoms with van der Waals surface area (Å²) in [5, 5.41) is 8.26. The third kappa shape index (κ3) is 14.7. The number of thioether (sulfide) groups is 1. The normalized spacial score (nSPS) is 12.5. The first-order chi connectivity index (χ1) is 24.6. The highest BCUT2D eigenvalue weighted by Gasteiger charge is 2.24. The highest BCUT2D eigenvalue weighted by molar-refractivity contribution is 7.98. The molecule has 1 aromatic heterocycles. The van der Waals surface area contributed by atoms with Crippen LogP contribution in [0.5, 0.6) is 5.75 Å². The molecular formula is C35H41ClF3N5O7S. The van der Waals surface area contributed by atoms with Crippen LogP contribution in [-0.2, 0) is 21.6 Å². The predicted molar refractivity (Wildman–Crippen MR) is 193 cm³/mol. The van der Waals surface area contributed by atoms with Crippen molar-refractivity contribution in [1.82, 2.24) is 20.6 Å². The molecule has 2 aliphatic rings. The number of alkyl carbamates (subject to hydrolysis) is 2. The van der Waals surface area contributed by atoms with Crippen molar-refractivity contribution in [1.29, 1.82) is 0 Å². The number of halogens is 4. The van der Waals surface area contributed by atoms with Crippen molar-refractivity contribution in [3.63, 3.8) is 0 Å². The standard InChI is InChI=1S/C16H23N5O7.C14H11ClS.C3H5F3.C2H2/c1-16(2,3)28-15(25)18-6-5-17-14(24)27-9-26-12-10(22)4-7-21-11(12)13(23)19-8-20-21;15-13-6-3-5-10-8-11-4-1-2-7-14(11)16-9-12(10)13;1-2-3(4,5)6;1-2/h4,7,20H,5-6,8-9H2,1-3H3,(H,17,24)(H,18,25)(H,19,23);1-7H,8-9H2;2H2,1H3;1-2H.